The minimum absolute atomic E-state index is 0.177. The van der Waals surface area contributed by atoms with E-state index in [1.807, 2.05) is 6.92 Å². The van der Waals surface area contributed by atoms with Crippen molar-refractivity contribution >= 4 is 11.9 Å². The van der Waals surface area contributed by atoms with Crippen molar-refractivity contribution in [3.05, 3.63) is 59.2 Å². The number of nitrogens with zero attached hydrogens (tertiary/aromatic N) is 2. The molecule has 0 unspecified atom stereocenters. The van der Waals surface area contributed by atoms with Gasteiger partial charge in [-0.15, -0.1) is 0 Å². The summed E-state index contributed by atoms with van der Waals surface area (Å²) in [5.74, 6) is -0.520. The third-order valence-corrected chi connectivity index (χ3v) is 2.82. The second-order valence-corrected chi connectivity index (χ2v) is 3.99. The minimum Gasteiger partial charge on any atom is -0.289 e. The van der Waals surface area contributed by atoms with Crippen LogP contribution >= 0.6 is 0 Å². The number of carbonyl (C=O) groups excluding carboxylic acids is 1. The number of hydrogen-bond acceptors (Lipinski definition) is 2. The Labute approximate surface area is 105 Å². The van der Waals surface area contributed by atoms with Gasteiger partial charge in [-0.2, -0.15) is 5.10 Å². The molecule has 18 heavy (non-hydrogen) atoms. The van der Waals surface area contributed by atoms with E-state index in [4.69, 9.17) is 0 Å². The zero-order valence-electron chi connectivity index (χ0n) is 10.2. The van der Waals surface area contributed by atoms with Crippen molar-refractivity contribution in [3.63, 3.8) is 0 Å². The van der Waals surface area contributed by atoms with Crippen LogP contribution in [0, 0.1) is 12.7 Å². The Morgan fingerprint density at radius 3 is 2.72 bits per heavy atom. The van der Waals surface area contributed by atoms with Crippen LogP contribution < -0.4 is 0 Å². The highest BCUT2D eigenvalue weighted by Crippen LogP contribution is 2.11. The van der Waals surface area contributed by atoms with Gasteiger partial charge in [0.25, 0.3) is 0 Å². The molecule has 3 nitrogen and oxygen atoms in total. The maximum absolute atomic E-state index is 13.3. The van der Waals surface area contributed by atoms with E-state index in [9.17, 15) is 9.18 Å². The normalized spacial score (nSPS) is 11.1. The number of aryl methyl sites for hydroxylation is 1. The topological polar surface area (TPSA) is 34.9 Å². The maximum Gasteiger partial charge on any atom is 0.189 e. The van der Waals surface area contributed by atoms with Crippen molar-refractivity contribution in [2.45, 2.75) is 6.92 Å². The zero-order chi connectivity index (χ0) is 13.1. The standard InChI is InChI=1S/C14H13FN2O/c1-10-12(9-16-17(10)2)14(18)8-7-11-5-3-4-6-13(11)15/h3-9H,1-2H3/b8-7+. The van der Waals surface area contributed by atoms with Crippen molar-refractivity contribution < 1.29 is 9.18 Å². The molecule has 1 aromatic heterocycles. The van der Waals surface area contributed by atoms with Crippen LogP contribution in [0.5, 0.6) is 0 Å². The lowest BCUT2D eigenvalue weighted by atomic mass is 10.1. The van der Waals surface area contributed by atoms with Crippen LogP contribution in [-0.2, 0) is 7.05 Å². The largest absolute Gasteiger partial charge is 0.289 e. The molecule has 0 spiro atoms. The molecule has 0 aliphatic rings. The average Bonchev–Trinajstić information content (AvgIpc) is 2.69. The molecule has 2 aromatic rings. The Balaban J connectivity index is 2.22. The van der Waals surface area contributed by atoms with Crippen LogP contribution in [-0.4, -0.2) is 15.6 Å². The molecule has 92 valence electrons. The molecule has 0 bridgehead atoms. The van der Waals surface area contributed by atoms with Crippen molar-refractivity contribution in [3.8, 4) is 0 Å². The van der Waals surface area contributed by atoms with Gasteiger partial charge in [0.15, 0.2) is 5.78 Å². The molecule has 2 rings (SSSR count). The number of aromatic nitrogens is 2. The van der Waals surface area contributed by atoms with Gasteiger partial charge in [0.05, 0.1) is 11.8 Å². The van der Waals surface area contributed by atoms with E-state index < -0.39 is 0 Å². The highest BCUT2D eigenvalue weighted by molar-refractivity contribution is 6.07. The molecule has 0 aliphatic heterocycles. The monoisotopic (exact) mass is 244 g/mol. The number of benzene rings is 1. The van der Waals surface area contributed by atoms with Gasteiger partial charge in [-0.05, 0) is 25.1 Å². The van der Waals surface area contributed by atoms with Crippen LogP contribution in [0.2, 0.25) is 0 Å². The first-order chi connectivity index (χ1) is 8.59. The summed E-state index contributed by atoms with van der Waals surface area (Å²) in [5, 5.41) is 4.00. The maximum atomic E-state index is 13.3. The first-order valence-electron chi connectivity index (χ1n) is 5.55. The molecule has 0 atom stereocenters. The van der Waals surface area contributed by atoms with Crippen LogP contribution in [0.25, 0.3) is 6.08 Å². The fraction of sp³-hybridized carbons (Fsp3) is 0.143. The number of rotatable bonds is 3. The third kappa shape index (κ3) is 2.37. The number of allylic oxidation sites excluding steroid dienone is 1. The first kappa shape index (κ1) is 12.2. The van der Waals surface area contributed by atoms with E-state index in [0.29, 0.717) is 11.1 Å². The van der Waals surface area contributed by atoms with Crippen LogP contribution in [0.1, 0.15) is 21.6 Å². The highest BCUT2D eigenvalue weighted by atomic mass is 19.1. The van der Waals surface area contributed by atoms with Gasteiger partial charge >= 0.3 is 0 Å². The zero-order valence-corrected chi connectivity index (χ0v) is 10.2. The first-order valence-corrected chi connectivity index (χ1v) is 5.55. The van der Waals surface area contributed by atoms with Crippen molar-refractivity contribution in [2.75, 3.05) is 0 Å². The molecule has 0 saturated carbocycles. The summed E-state index contributed by atoms with van der Waals surface area (Å²) in [6.45, 7) is 1.82. The summed E-state index contributed by atoms with van der Waals surface area (Å²) in [4.78, 5) is 11.9. The Bertz CT molecular complexity index is 614. The summed E-state index contributed by atoms with van der Waals surface area (Å²) in [7, 11) is 1.77. The SMILES string of the molecule is Cc1c(C(=O)/C=C/c2ccccc2F)cnn1C. The van der Waals surface area contributed by atoms with Gasteiger partial charge in [-0.25, -0.2) is 4.39 Å². The van der Waals surface area contributed by atoms with Crippen molar-refractivity contribution in [1.82, 2.24) is 9.78 Å². The molecule has 0 saturated heterocycles. The Kier molecular flexibility index (Phi) is 3.37. The number of carbonyl (C=O) groups is 1. The summed E-state index contributed by atoms with van der Waals surface area (Å²) < 4.78 is 15.0. The number of ketones is 1. The summed E-state index contributed by atoms with van der Waals surface area (Å²) in [6.07, 6.45) is 4.36. The summed E-state index contributed by atoms with van der Waals surface area (Å²) >= 11 is 0. The van der Waals surface area contributed by atoms with Gasteiger partial charge in [0.1, 0.15) is 5.82 Å². The summed E-state index contributed by atoms with van der Waals surface area (Å²) in [5.41, 5.74) is 1.72. The number of hydrogen-bond donors (Lipinski definition) is 0. The quantitative estimate of drug-likeness (QED) is 0.614. The van der Waals surface area contributed by atoms with Crippen molar-refractivity contribution in [2.24, 2.45) is 7.05 Å². The van der Waals surface area contributed by atoms with Gasteiger partial charge in [-0.1, -0.05) is 18.2 Å². The Hall–Kier alpha value is -2.23. The fourth-order valence-electron chi connectivity index (χ4n) is 1.61. The lowest BCUT2D eigenvalue weighted by Gasteiger charge is -1.97. The van der Waals surface area contributed by atoms with Crippen molar-refractivity contribution in [1.29, 1.82) is 0 Å². The highest BCUT2D eigenvalue weighted by Gasteiger charge is 2.09. The van der Waals surface area contributed by atoms with Gasteiger partial charge < -0.3 is 0 Å². The molecule has 0 radical (unpaired) electrons. The molecule has 1 heterocycles. The minimum atomic E-state index is -0.343. The molecule has 4 heteroatoms. The Morgan fingerprint density at radius 1 is 1.39 bits per heavy atom. The fourth-order valence-corrected chi connectivity index (χ4v) is 1.61. The van der Waals surface area contributed by atoms with Crippen LogP contribution in [0.15, 0.2) is 36.5 Å². The van der Waals surface area contributed by atoms with E-state index >= 15 is 0 Å². The smallest absolute Gasteiger partial charge is 0.189 e. The average molecular weight is 244 g/mol. The van der Waals surface area contributed by atoms with E-state index in [-0.39, 0.29) is 11.6 Å². The van der Waals surface area contributed by atoms with E-state index in [2.05, 4.69) is 5.10 Å². The third-order valence-electron chi connectivity index (χ3n) is 2.82. The molecular formula is C14H13FN2O. The lowest BCUT2D eigenvalue weighted by molar-refractivity contribution is 0.104. The lowest BCUT2D eigenvalue weighted by Crippen LogP contribution is -1.98. The molecular weight excluding hydrogens is 231 g/mol. The molecule has 0 aliphatic carbocycles. The second kappa shape index (κ2) is 4.96. The predicted molar refractivity (Wildman–Crippen MR) is 67.7 cm³/mol. The van der Waals surface area contributed by atoms with Crippen LogP contribution in [0.4, 0.5) is 4.39 Å². The van der Waals surface area contributed by atoms with E-state index in [1.54, 1.807) is 29.9 Å². The second-order valence-electron chi connectivity index (χ2n) is 3.99. The van der Waals surface area contributed by atoms with E-state index in [0.717, 1.165) is 5.69 Å². The Morgan fingerprint density at radius 2 is 2.11 bits per heavy atom. The molecule has 1 aromatic carbocycles. The van der Waals surface area contributed by atoms with Crippen LogP contribution in [0.3, 0.4) is 0 Å². The molecule has 0 amide bonds. The van der Waals surface area contributed by atoms with Gasteiger partial charge in [-0.3, -0.25) is 9.48 Å². The summed E-state index contributed by atoms with van der Waals surface area (Å²) in [6, 6.07) is 6.32. The molecule has 0 fully saturated rings. The van der Waals surface area contributed by atoms with E-state index in [1.165, 1.54) is 24.4 Å². The molecule has 0 N–H and O–H groups in total. The predicted octanol–water partition coefficient (Wildman–Crippen LogP) is 2.76. The number of halogens is 1. The van der Waals surface area contributed by atoms with Gasteiger partial charge in [0, 0.05) is 18.3 Å². The van der Waals surface area contributed by atoms with Gasteiger partial charge in [0.2, 0.25) is 0 Å².